The fourth-order valence-electron chi connectivity index (χ4n) is 6.00. The molecule has 1 saturated heterocycles. The molecule has 5 rings (SSSR count). The predicted octanol–water partition coefficient (Wildman–Crippen LogP) is 4.24. The number of carbonyl (C=O) groups is 3. The Hall–Kier alpha value is -4.45. The van der Waals surface area contributed by atoms with Crippen LogP contribution in [0, 0.1) is 11.8 Å². The molecule has 250 valence electrons. The summed E-state index contributed by atoms with van der Waals surface area (Å²) in [5.74, 6) is -0.543. The van der Waals surface area contributed by atoms with E-state index >= 15 is 0 Å². The maximum atomic E-state index is 13.8. The fraction of sp³-hybridized carbons (Fsp3) is 0.417. The van der Waals surface area contributed by atoms with E-state index in [0.29, 0.717) is 79.6 Å². The number of fused-ring (bicyclic) bond motifs is 1. The number of amides is 3. The Morgan fingerprint density at radius 1 is 1.02 bits per heavy atom. The summed E-state index contributed by atoms with van der Waals surface area (Å²) >= 11 is 0. The van der Waals surface area contributed by atoms with Gasteiger partial charge in [-0.2, -0.15) is 0 Å². The van der Waals surface area contributed by atoms with E-state index in [1.54, 1.807) is 47.4 Å². The van der Waals surface area contributed by atoms with Crippen LogP contribution in [0.3, 0.4) is 0 Å². The molecule has 5 N–H and O–H groups in total. The molecule has 0 bridgehead atoms. The normalized spacial score (nSPS) is 19.3. The predicted molar refractivity (Wildman–Crippen MR) is 181 cm³/mol. The lowest BCUT2D eigenvalue weighted by Gasteiger charge is -2.38. The average molecular weight is 644 g/mol. The van der Waals surface area contributed by atoms with Crippen LogP contribution in [0.25, 0.3) is 0 Å². The Morgan fingerprint density at radius 2 is 1.72 bits per heavy atom. The van der Waals surface area contributed by atoms with Crippen molar-refractivity contribution in [2.45, 2.75) is 45.4 Å². The van der Waals surface area contributed by atoms with Gasteiger partial charge in [-0.3, -0.25) is 19.3 Å². The van der Waals surface area contributed by atoms with Gasteiger partial charge in [0.1, 0.15) is 6.10 Å². The van der Waals surface area contributed by atoms with Gasteiger partial charge in [0.25, 0.3) is 11.8 Å². The van der Waals surface area contributed by atoms with Gasteiger partial charge in [-0.15, -0.1) is 0 Å². The molecular weight excluding hydrogens is 598 g/mol. The highest BCUT2D eigenvalue weighted by Crippen LogP contribution is 2.35. The number of nitrogens with zero attached hydrogens (tertiary/aromatic N) is 2. The molecule has 3 aromatic carbocycles. The van der Waals surface area contributed by atoms with E-state index in [9.17, 15) is 19.5 Å². The summed E-state index contributed by atoms with van der Waals surface area (Å²) in [5, 5.41) is 15.9. The van der Waals surface area contributed by atoms with Gasteiger partial charge >= 0.3 is 0 Å². The van der Waals surface area contributed by atoms with E-state index in [0.717, 1.165) is 5.56 Å². The van der Waals surface area contributed by atoms with Crippen molar-refractivity contribution in [2.24, 2.45) is 11.8 Å². The smallest absolute Gasteiger partial charge is 0.258 e. The Morgan fingerprint density at radius 3 is 2.43 bits per heavy atom. The van der Waals surface area contributed by atoms with Crippen molar-refractivity contribution in [3.63, 3.8) is 0 Å². The first-order valence-electron chi connectivity index (χ1n) is 16.2. The first-order valence-corrected chi connectivity index (χ1v) is 16.2. The largest absolute Gasteiger partial charge is 0.486 e. The molecule has 0 unspecified atom stereocenters. The monoisotopic (exact) mass is 643 g/mol. The van der Waals surface area contributed by atoms with Crippen molar-refractivity contribution < 1.29 is 29.0 Å². The summed E-state index contributed by atoms with van der Waals surface area (Å²) in [5.41, 5.74) is 9.37. The van der Waals surface area contributed by atoms with Gasteiger partial charge in [0, 0.05) is 50.2 Å². The number of hydrogen-bond donors (Lipinski definition) is 4. The molecule has 3 atom stereocenters. The quantitative estimate of drug-likeness (QED) is 0.240. The highest BCUT2D eigenvalue weighted by atomic mass is 16.5. The number of ether oxygens (including phenoxy) is 2. The summed E-state index contributed by atoms with van der Waals surface area (Å²) < 4.78 is 12.1. The van der Waals surface area contributed by atoms with Crippen LogP contribution in [0.4, 0.5) is 17.1 Å². The standard InChI is InChI=1S/C36H45N5O6/c1-23-19-41(24(2)22-42)36(45)28-7-6-10-31(39-35(44)27-15-17-46-18-16-27)33(28)47-32(23)21-40(3)20-25-11-13-26(14-12-25)34(43)38-30-9-5-4-8-29(30)37/h4-14,23-24,27,32,42H,15-22,37H2,1-3H3,(H,38,43)(H,39,44)/t23-,24+,32+/m0/s1. The minimum Gasteiger partial charge on any atom is -0.486 e. The number of nitrogens with one attached hydrogen (secondary N) is 2. The SMILES string of the molecule is C[C@H](CO)N1C[C@H](C)[C@@H](CN(C)Cc2ccc(C(=O)Nc3ccccc3N)cc2)Oc2c(NC(=O)C3CCOCC3)cccc2C1=O. The molecule has 47 heavy (non-hydrogen) atoms. The van der Waals surface area contributed by atoms with Gasteiger partial charge in [-0.1, -0.05) is 37.3 Å². The summed E-state index contributed by atoms with van der Waals surface area (Å²) in [6.07, 6.45) is 0.934. The van der Waals surface area contributed by atoms with Crippen LogP contribution < -0.4 is 21.1 Å². The Balaban J connectivity index is 1.32. The number of nitrogens with two attached hydrogens (primary N) is 1. The highest BCUT2D eigenvalue weighted by molar-refractivity contribution is 6.05. The van der Waals surface area contributed by atoms with Crippen LogP contribution in [0.2, 0.25) is 0 Å². The van der Waals surface area contributed by atoms with Crippen molar-refractivity contribution >= 4 is 34.8 Å². The Kier molecular flexibility index (Phi) is 11.1. The van der Waals surface area contributed by atoms with Gasteiger partial charge in [-0.05, 0) is 68.8 Å². The van der Waals surface area contributed by atoms with Crippen molar-refractivity contribution in [3.05, 3.63) is 83.4 Å². The number of anilines is 3. The minimum atomic E-state index is -0.399. The number of likely N-dealkylation sites (N-methyl/N-ethyl adjacent to an activating group) is 1. The van der Waals surface area contributed by atoms with Crippen LogP contribution >= 0.6 is 0 Å². The maximum Gasteiger partial charge on any atom is 0.258 e. The lowest BCUT2D eigenvalue weighted by molar-refractivity contribution is -0.122. The van der Waals surface area contributed by atoms with E-state index in [2.05, 4.69) is 15.5 Å². The molecule has 2 heterocycles. The van der Waals surface area contributed by atoms with E-state index in [1.165, 1.54) is 0 Å². The molecule has 1 fully saturated rings. The third kappa shape index (κ3) is 8.29. The third-order valence-electron chi connectivity index (χ3n) is 8.91. The summed E-state index contributed by atoms with van der Waals surface area (Å²) in [7, 11) is 1.99. The lowest BCUT2D eigenvalue weighted by atomic mass is 9.98. The van der Waals surface area contributed by atoms with Crippen molar-refractivity contribution in [3.8, 4) is 5.75 Å². The van der Waals surface area contributed by atoms with E-state index in [-0.39, 0.29) is 42.3 Å². The van der Waals surface area contributed by atoms with Crippen LogP contribution in [-0.4, -0.2) is 84.7 Å². The number of hydrogen-bond acceptors (Lipinski definition) is 8. The molecule has 0 radical (unpaired) electrons. The van der Waals surface area contributed by atoms with Gasteiger partial charge in [0.05, 0.1) is 35.3 Å². The average Bonchev–Trinajstić information content (AvgIpc) is 3.08. The fourth-order valence-corrected chi connectivity index (χ4v) is 6.00. The molecule has 11 nitrogen and oxygen atoms in total. The van der Waals surface area contributed by atoms with Gasteiger partial charge < -0.3 is 35.8 Å². The highest BCUT2D eigenvalue weighted by Gasteiger charge is 2.35. The first-order chi connectivity index (χ1) is 22.6. The van der Waals surface area contributed by atoms with Gasteiger partial charge in [0.2, 0.25) is 5.91 Å². The zero-order valence-electron chi connectivity index (χ0n) is 27.3. The molecule has 0 aromatic heterocycles. The molecule has 0 aliphatic carbocycles. The van der Waals surface area contributed by atoms with Crippen LogP contribution in [0.15, 0.2) is 66.7 Å². The zero-order chi connectivity index (χ0) is 33.5. The molecule has 3 amide bonds. The Labute approximate surface area is 276 Å². The van der Waals surface area contributed by atoms with Crippen molar-refractivity contribution in [1.29, 1.82) is 0 Å². The van der Waals surface area contributed by atoms with E-state index < -0.39 is 6.04 Å². The van der Waals surface area contributed by atoms with Crippen LogP contribution in [0.1, 0.15) is 53.0 Å². The number of rotatable bonds is 10. The number of carbonyl (C=O) groups excluding carboxylic acids is 3. The summed E-state index contributed by atoms with van der Waals surface area (Å²) in [6.45, 7) is 6.27. The number of nitrogen functional groups attached to an aromatic ring is 1. The molecule has 3 aromatic rings. The van der Waals surface area contributed by atoms with Gasteiger partial charge in [0.15, 0.2) is 5.75 Å². The van der Waals surface area contributed by atoms with Crippen molar-refractivity contribution in [2.75, 3.05) is 56.3 Å². The molecule has 11 heteroatoms. The first kappa shape index (κ1) is 33.9. The van der Waals surface area contributed by atoms with E-state index in [4.69, 9.17) is 15.2 Å². The molecular formula is C36H45N5O6. The molecule has 2 aliphatic rings. The second-order valence-corrected chi connectivity index (χ2v) is 12.6. The summed E-state index contributed by atoms with van der Waals surface area (Å²) in [6, 6.07) is 19.4. The number of para-hydroxylation sites is 3. The van der Waals surface area contributed by atoms with Crippen LogP contribution in [-0.2, 0) is 16.1 Å². The maximum absolute atomic E-state index is 13.8. The number of aliphatic hydroxyl groups excluding tert-OH is 1. The van der Waals surface area contributed by atoms with Crippen LogP contribution in [0.5, 0.6) is 5.75 Å². The van der Waals surface area contributed by atoms with E-state index in [1.807, 2.05) is 45.2 Å². The van der Waals surface area contributed by atoms with Crippen molar-refractivity contribution in [1.82, 2.24) is 9.80 Å². The zero-order valence-corrected chi connectivity index (χ0v) is 27.3. The van der Waals surface area contributed by atoms with Gasteiger partial charge in [-0.25, -0.2) is 0 Å². The Bertz CT molecular complexity index is 1560. The lowest BCUT2D eigenvalue weighted by Crippen LogP contribution is -2.49. The molecule has 0 spiro atoms. The second kappa shape index (κ2) is 15.4. The molecule has 2 aliphatic heterocycles. The second-order valence-electron chi connectivity index (χ2n) is 12.6. The topological polar surface area (TPSA) is 146 Å². The molecule has 0 saturated carbocycles. The third-order valence-corrected chi connectivity index (χ3v) is 8.91. The summed E-state index contributed by atoms with van der Waals surface area (Å²) in [4.78, 5) is 43.6. The minimum absolute atomic E-state index is 0.0979. The number of aliphatic hydroxyl groups is 1. The number of benzene rings is 3.